The average molecular weight is 284 g/mol. The fraction of sp³-hybridized carbons (Fsp3) is 0.278. The van der Waals surface area contributed by atoms with Crippen LogP contribution in [0.4, 0.5) is 0 Å². The summed E-state index contributed by atoms with van der Waals surface area (Å²) in [6, 6.07) is 14.5. The molecule has 0 spiro atoms. The predicted molar refractivity (Wildman–Crippen MR) is 87.6 cm³/mol. The van der Waals surface area contributed by atoms with Crippen LogP contribution in [0.1, 0.15) is 38.3 Å². The van der Waals surface area contributed by atoms with Gasteiger partial charge in [-0.3, -0.25) is 4.98 Å². The molecule has 0 saturated heterocycles. The van der Waals surface area contributed by atoms with E-state index in [2.05, 4.69) is 38.1 Å². The number of nitrogens with zero attached hydrogens (tertiary/aromatic N) is 1. The summed E-state index contributed by atoms with van der Waals surface area (Å²) in [4.78, 5) is 4.93. The Hall–Kier alpha value is -1.60. The fourth-order valence-electron chi connectivity index (χ4n) is 2.94. The van der Waals surface area contributed by atoms with Gasteiger partial charge in [0.05, 0.1) is 11.2 Å². The Morgan fingerprint density at radius 1 is 0.950 bits per heavy atom. The summed E-state index contributed by atoms with van der Waals surface area (Å²) < 4.78 is 0. The van der Waals surface area contributed by atoms with E-state index < -0.39 is 0 Å². The molecule has 2 aromatic carbocycles. The molecular formula is C18H18ClN. The molecule has 0 unspecified atom stereocenters. The third kappa shape index (κ3) is 2.16. The number of hydrogen-bond donors (Lipinski definition) is 0. The van der Waals surface area contributed by atoms with Crippen molar-refractivity contribution < 1.29 is 0 Å². The van der Waals surface area contributed by atoms with Gasteiger partial charge in [0, 0.05) is 21.7 Å². The Labute approximate surface area is 124 Å². The molecule has 0 aliphatic heterocycles. The second-order valence-corrected chi connectivity index (χ2v) is 5.65. The molecular weight excluding hydrogens is 266 g/mol. The van der Waals surface area contributed by atoms with Crippen LogP contribution in [0.2, 0.25) is 5.02 Å². The van der Waals surface area contributed by atoms with Crippen molar-refractivity contribution in [1.29, 1.82) is 0 Å². The normalized spacial score (nSPS) is 11.6. The minimum atomic E-state index is 0.514. The molecule has 1 heterocycles. The lowest BCUT2D eigenvalue weighted by molar-refractivity contribution is 0.631. The van der Waals surface area contributed by atoms with Gasteiger partial charge in [-0.1, -0.05) is 49.7 Å². The van der Waals surface area contributed by atoms with Crippen molar-refractivity contribution in [1.82, 2.24) is 4.98 Å². The standard InChI is InChI=1S/C18H18ClN/c1-3-12(4-2)18-15-8-6-5-7-14(15)16-11-13(19)9-10-17(16)20-18/h5-12H,3-4H2,1-2H3. The van der Waals surface area contributed by atoms with Gasteiger partial charge in [0.25, 0.3) is 0 Å². The summed E-state index contributed by atoms with van der Waals surface area (Å²) in [5.74, 6) is 0.514. The number of halogens is 1. The van der Waals surface area contributed by atoms with Crippen LogP contribution >= 0.6 is 11.6 Å². The maximum absolute atomic E-state index is 6.15. The molecule has 0 radical (unpaired) electrons. The molecule has 0 saturated carbocycles. The van der Waals surface area contributed by atoms with Crippen molar-refractivity contribution in [2.75, 3.05) is 0 Å². The van der Waals surface area contributed by atoms with E-state index in [1.807, 2.05) is 18.2 Å². The number of fused-ring (bicyclic) bond motifs is 3. The first-order valence-corrected chi connectivity index (χ1v) is 7.60. The van der Waals surface area contributed by atoms with Gasteiger partial charge in [0.1, 0.15) is 0 Å². The molecule has 3 aromatic rings. The Morgan fingerprint density at radius 2 is 1.65 bits per heavy atom. The van der Waals surface area contributed by atoms with Gasteiger partial charge in [0.15, 0.2) is 0 Å². The van der Waals surface area contributed by atoms with E-state index >= 15 is 0 Å². The SMILES string of the molecule is CCC(CC)c1nc2ccc(Cl)cc2c2ccccc12. The van der Waals surface area contributed by atoms with Crippen molar-refractivity contribution in [3.05, 3.63) is 53.2 Å². The topological polar surface area (TPSA) is 12.9 Å². The lowest BCUT2D eigenvalue weighted by Gasteiger charge is -2.16. The van der Waals surface area contributed by atoms with Gasteiger partial charge < -0.3 is 0 Å². The van der Waals surface area contributed by atoms with Crippen molar-refractivity contribution in [2.24, 2.45) is 0 Å². The molecule has 1 nitrogen and oxygen atoms in total. The molecule has 0 N–H and O–H groups in total. The molecule has 0 bridgehead atoms. The van der Waals surface area contributed by atoms with Crippen LogP contribution in [0, 0.1) is 0 Å². The zero-order chi connectivity index (χ0) is 14.1. The number of benzene rings is 2. The number of hydrogen-bond acceptors (Lipinski definition) is 1. The monoisotopic (exact) mass is 283 g/mol. The maximum Gasteiger partial charge on any atom is 0.0712 e. The summed E-state index contributed by atoms with van der Waals surface area (Å²) in [7, 11) is 0. The van der Waals surface area contributed by atoms with Gasteiger partial charge in [0.2, 0.25) is 0 Å². The summed E-state index contributed by atoms with van der Waals surface area (Å²) in [5.41, 5.74) is 2.26. The highest BCUT2D eigenvalue weighted by Gasteiger charge is 2.14. The van der Waals surface area contributed by atoms with E-state index in [0.717, 1.165) is 28.8 Å². The molecule has 20 heavy (non-hydrogen) atoms. The van der Waals surface area contributed by atoms with Gasteiger partial charge in [-0.05, 0) is 36.4 Å². The zero-order valence-electron chi connectivity index (χ0n) is 11.9. The summed E-state index contributed by atoms with van der Waals surface area (Å²) in [6.45, 7) is 4.47. The van der Waals surface area contributed by atoms with E-state index in [1.54, 1.807) is 0 Å². The first-order valence-electron chi connectivity index (χ1n) is 7.22. The molecule has 0 aliphatic carbocycles. The van der Waals surface area contributed by atoms with Crippen molar-refractivity contribution >= 4 is 33.3 Å². The van der Waals surface area contributed by atoms with Gasteiger partial charge >= 0.3 is 0 Å². The highest BCUT2D eigenvalue weighted by Crippen LogP contribution is 2.33. The molecule has 2 heteroatoms. The van der Waals surface area contributed by atoms with Gasteiger partial charge in [-0.2, -0.15) is 0 Å². The second kappa shape index (κ2) is 5.41. The Kier molecular flexibility index (Phi) is 3.62. The summed E-state index contributed by atoms with van der Waals surface area (Å²) >= 11 is 6.15. The van der Waals surface area contributed by atoms with E-state index in [9.17, 15) is 0 Å². The maximum atomic E-state index is 6.15. The van der Waals surface area contributed by atoms with Crippen LogP contribution in [0.15, 0.2) is 42.5 Å². The highest BCUT2D eigenvalue weighted by molar-refractivity contribution is 6.31. The van der Waals surface area contributed by atoms with Crippen LogP contribution in [0.3, 0.4) is 0 Å². The minimum Gasteiger partial charge on any atom is -0.252 e. The average Bonchev–Trinajstić information content (AvgIpc) is 2.49. The Balaban J connectivity index is 2.42. The third-order valence-corrected chi connectivity index (χ3v) is 4.30. The summed E-state index contributed by atoms with van der Waals surface area (Å²) in [6.07, 6.45) is 2.24. The van der Waals surface area contributed by atoms with Gasteiger partial charge in [-0.15, -0.1) is 0 Å². The summed E-state index contributed by atoms with van der Waals surface area (Å²) in [5, 5.41) is 4.42. The molecule has 0 fully saturated rings. The van der Waals surface area contributed by atoms with Crippen molar-refractivity contribution in [2.45, 2.75) is 32.6 Å². The largest absolute Gasteiger partial charge is 0.252 e. The van der Waals surface area contributed by atoms with Crippen LogP contribution < -0.4 is 0 Å². The number of pyridine rings is 1. The molecule has 3 rings (SSSR count). The van der Waals surface area contributed by atoms with E-state index in [1.165, 1.54) is 16.5 Å². The van der Waals surface area contributed by atoms with Crippen molar-refractivity contribution in [3.8, 4) is 0 Å². The van der Waals surface area contributed by atoms with Crippen LogP contribution in [0.5, 0.6) is 0 Å². The second-order valence-electron chi connectivity index (χ2n) is 5.22. The molecule has 0 amide bonds. The Morgan fingerprint density at radius 3 is 2.35 bits per heavy atom. The van der Waals surface area contributed by atoms with Crippen molar-refractivity contribution in [3.63, 3.8) is 0 Å². The van der Waals surface area contributed by atoms with Crippen LogP contribution in [-0.4, -0.2) is 4.98 Å². The fourth-order valence-corrected chi connectivity index (χ4v) is 3.11. The predicted octanol–water partition coefficient (Wildman–Crippen LogP) is 5.95. The number of rotatable bonds is 3. The molecule has 0 aliphatic rings. The van der Waals surface area contributed by atoms with Crippen LogP contribution in [0.25, 0.3) is 21.7 Å². The lowest BCUT2D eigenvalue weighted by Crippen LogP contribution is -2.01. The Bertz CT molecular complexity index is 760. The number of aromatic nitrogens is 1. The molecule has 102 valence electrons. The molecule has 1 aromatic heterocycles. The van der Waals surface area contributed by atoms with Gasteiger partial charge in [-0.25, -0.2) is 0 Å². The van der Waals surface area contributed by atoms with E-state index in [4.69, 9.17) is 16.6 Å². The van der Waals surface area contributed by atoms with E-state index in [-0.39, 0.29) is 0 Å². The first kappa shape index (κ1) is 13.4. The quantitative estimate of drug-likeness (QED) is 0.542. The lowest BCUT2D eigenvalue weighted by atomic mass is 9.93. The minimum absolute atomic E-state index is 0.514. The third-order valence-electron chi connectivity index (χ3n) is 4.06. The van der Waals surface area contributed by atoms with Crippen LogP contribution in [-0.2, 0) is 0 Å². The highest BCUT2D eigenvalue weighted by atomic mass is 35.5. The zero-order valence-corrected chi connectivity index (χ0v) is 12.6. The first-order chi connectivity index (χ1) is 9.74. The molecule has 0 atom stereocenters. The smallest absolute Gasteiger partial charge is 0.0712 e. The van der Waals surface area contributed by atoms with E-state index in [0.29, 0.717) is 5.92 Å².